The maximum Gasteiger partial charge on any atom is 0.119 e. The summed E-state index contributed by atoms with van der Waals surface area (Å²) in [6.45, 7) is 2.33. The van der Waals surface area contributed by atoms with Gasteiger partial charge >= 0.3 is 0 Å². The molecule has 0 unspecified atom stereocenters. The van der Waals surface area contributed by atoms with Gasteiger partial charge < -0.3 is 10.1 Å². The maximum atomic E-state index is 5.13. The van der Waals surface area contributed by atoms with Crippen LogP contribution in [0.3, 0.4) is 0 Å². The molecule has 0 bridgehead atoms. The summed E-state index contributed by atoms with van der Waals surface area (Å²) in [5, 5.41) is 3.59. The third-order valence-corrected chi connectivity index (χ3v) is 3.30. The molecule has 1 N–H and O–H groups in total. The molecule has 2 atom stereocenters. The van der Waals surface area contributed by atoms with E-state index in [1.165, 1.54) is 24.9 Å². The summed E-state index contributed by atoms with van der Waals surface area (Å²) in [6.07, 6.45) is 4.01. The zero-order chi connectivity index (χ0) is 10.7. The standard InChI is InChI=1S/C13H19NO/c1-10-4-3-5-13(10)14-11-6-8-12(15-2)9-7-11/h6-10,13-14H,3-5H2,1-2H3/t10-,13+/m0/s1. The largest absolute Gasteiger partial charge is 0.497 e. The quantitative estimate of drug-likeness (QED) is 0.817. The van der Waals surface area contributed by atoms with E-state index in [1.54, 1.807) is 7.11 Å². The highest BCUT2D eigenvalue weighted by Crippen LogP contribution is 2.28. The van der Waals surface area contributed by atoms with Gasteiger partial charge in [-0.25, -0.2) is 0 Å². The molecule has 1 aromatic rings. The van der Waals surface area contributed by atoms with E-state index in [-0.39, 0.29) is 0 Å². The van der Waals surface area contributed by atoms with Crippen LogP contribution in [0.15, 0.2) is 24.3 Å². The van der Waals surface area contributed by atoms with Gasteiger partial charge in [0.2, 0.25) is 0 Å². The average Bonchev–Trinajstić information content (AvgIpc) is 2.66. The molecule has 2 heteroatoms. The topological polar surface area (TPSA) is 21.3 Å². The molecule has 1 aliphatic rings. The molecule has 15 heavy (non-hydrogen) atoms. The summed E-state index contributed by atoms with van der Waals surface area (Å²) < 4.78 is 5.13. The van der Waals surface area contributed by atoms with Gasteiger partial charge in [-0.1, -0.05) is 13.3 Å². The molecule has 2 nitrogen and oxygen atoms in total. The lowest BCUT2D eigenvalue weighted by Gasteiger charge is -2.18. The molecule has 0 heterocycles. The van der Waals surface area contributed by atoms with E-state index in [2.05, 4.69) is 24.4 Å². The van der Waals surface area contributed by atoms with Gasteiger partial charge in [0.25, 0.3) is 0 Å². The van der Waals surface area contributed by atoms with E-state index in [9.17, 15) is 0 Å². The smallest absolute Gasteiger partial charge is 0.119 e. The van der Waals surface area contributed by atoms with Crippen LogP contribution < -0.4 is 10.1 Å². The predicted octanol–water partition coefficient (Wildman–Crippen LogP) is 3.30. The number of hydrogen-bond acceptors (Lipinski definition) is 2. The van der Waals surface area contributed by atoms with E-state index in [0.29, 0.717) is 6.04 Å². The molecule has 0 radical (unpaired) electrons. The highest BCUT2D eigenvalue weighted by molar-refractivity contribution is 5.47. The van der Waals surface area contributed by atoms with Crippen LogP contribution in [-0.4, -0.2) is 13.2 Å². The number of hydrogen-bond donors (Lipinski definition) is 1. The zero-order valence-electron chi connectivity index (χ0n) is 9.49. The minimum atomic E-state index is 0.651. The fraction of sp³-hybridized carbons (Fsp3) is 0.538. The number of ether oxygens (including phenoxy) is 1. The molecular formula is C13H19NO. The Bertz CT molecular complexity index is 307. The Morgan fingerprint density at radius 2 is 1.93 bits per heavy atom. The molecule has 0 aliphatic heterocycles. The van der Waals surface area contributed by atoms with E-state index in [1.807, 2.05) is 12.1 Å². The highest BCUT2D eigenvalue weighted by Gasteiger charge is 2.22. The molecule has 0 amide bonds. The molecule has 82 valence electrons. The number of methoxy groups -OCH3 is 1. The lowest BCUT2D eigenvalue weighted by atomic mass is 10.1. The van der Waals surface area contributed by atoms with Crippen LogP contribution in [-0.2, 0) is 0 Å². The number of anilines is 1. The summed E-state index contributed by atoms with van der Waals surface area (Å²) in [4.78, 5) is 0. The highest BCUT2D eigenvalue weighted by atomic mass is 16.5. The first-order valence-corrected chi connectivity index (χ1v) is 5.70. The van der Waals surface area contributed by atoms with Crippen LogP contribution in [0.4, 0.5) is 5.69 Å². The lowest BCUT2D eigenvalue weighted by molar-refractivity contribution is 0.415. The van der Waals surface area contributed by atoms with Gasteiger partial charge in [0.15, 0.2) is 0 Å². The predicted molar refractivity (Wildman–Crippen MR) is 63.4 cm³/mol. The van der Waals surface area contributed by atoms with Crippen LogP contribution in [0.5, 0.6) is 5.75 Å². The second-order valence-corrected chi connectivity index (χ2v) is 4.39. The maximum absolute atomic E-state index is 5.13. The summed E-state index contributed by atoms with van der Waals surface area (Å²) in [5.74, 6) is 1.71. The molecule has 1 aromatic carbocycles. The Morgan fingerprint density at radius 3 is 2.47 bits per heavy atom. The van der Waals surface area contributed by atoms with Crippen LogP contribution >= 0.6 is 0 Å². The Labute approximate surface area is 91.6 Å². The molecule has 0 spiro atoms. The van der Waals surface area contributed by atoms with Gasteiger partial charge in [0.1, 0.15) is 5.75 Å². The molecule has 1 fully saturated rings. The van der Waals surface area contributed by atoms with E-state index in [4.69, 9.17) is 4.74 Å². The van der Waals surface area contributed by atoms with Crippen molar-refractivity contribution in [3.63, 3.8) is 0 Å². The Kier molecular flexibility index (Phi) is 3.14. The second-order valence-electron chi connectivity index (χ2n) is 4.39. The van der Waals surface area contributed by atoms with Gasteiger partial charge in [0, 0.05) is 11.7 Å². The minimum Gasteiger partial charge on any atom is -0.497 e. The fourth-order valence-corrected chi connectivity index (χ4v) is 2.26. The first-order valence-electron chi connectivity index (χ1n) is 5.70. The van der Waals surface area contributed by atoms with Crippen molar-refractivity contribution in [2.75, 3.05) is 12.4 Å². The van der Waals surface area contributed by atoms with Crippen LogP contribution in [0, 0.1) is 5.92 Å². The van der Waals surface area contributed by atoms with Crippen LogP contribution in [0.25, 0.3) is 0 Å². The van der Waals surface area contributed by atoms with E-state index in [0.717, 1.165) is 11.7 Å². The van der Waals surface area contributed by atoms with Crippen molar-refractivity contribution in [3.8, 4) is 5.75 Å². The molecule has 0 saturated heterocycles. The van der Waals surface area contributed by atoms with Crippen LogP contribution in [0.1, 0.15) is 26.2 Å². The monoisotopic (exact) mass is 205 g/mol. The summed E-state index contributed by atoms with van der Waals surface area (Å²) in [5.41, 5.74) is 1.20. The second kappa shape index (κ2) is 4.56. The van der Waals surface area contributed by atoms with Crippen molar-refractivity contribution in [2.45, 2.75) is 32.2 Å². The van der Waals surface area contributed by atoms with Crippen molar-refractivity contribution in [3.05, 3.63) is 24.3 Å². The van der Waals surface area contributed by atoms with Crippen LogP contribution in [0.2, 0.25) is 0 Å². The number of rotatable bonds is 3. The van der Waals surface area contributed by atoms with E-state index >= 15 is 0 Å². The molecule has 2 rings (SSSR count). The third-order valence-electron chi connectivity index (χ3n) is 3.30. The normalized spacial score (nSPS) is 25.2. The Hall–Kier alpha value is -1.18. The van der Waals surface area contributed by atoms with Gasteiger partial charge in [0.05, 0.1) is 7.11 Å². The molecule has 1 saturated carbocycles. The summed E-state index contributed by atoms with van der Waals surface area (Å²) in [6, 6.07) is 8.83. The van der Waals surface area contributed by atoms with Crippen molar-refractivity contribution in [1.82, 2.24) is 0 Å². The average molecular weight is 205 g/mol. The third kappa shape index (κ3) is 2.44. The minimum absolute atomic E-state index is 0.651. The molecular weight excluding hydrogens is 186 g/mol. The van der Waals surface area contributed by atoms with Gasteiger partial charge in [-0.15, -0.1) is 0 Å². The van der Waals surface area contributed by atoms with Gasteiger partial charge in [-0.05, 0) is 43.0 Å². The Morgan fingerprint density at radius 1 is 1.20 bits per heavy atom. The van der Waals surface area contributed by atoms with Crippen molar-refractivity contribution in [2.24, 2.45) is 5.92 Å². The fourth-order valence-electron chi connectivity index (χ4n) is 2.26. The molecule has 1 aliphatic carbocycles. The Balaban J connectivity index is 1.98. The first kappa shape index (κ1) is 10.3. The van der Waals surface area contributed by atoms with Gasteiger partial charge in [-0.3, -0.25) is 0 Å². The first-order chi connectivity index (χ1) is 7.29. The summed E-state index contributed by atoms with van der Waals surface area (Å²) >= 11 is 0. The van der Waals surface area contributed by atoms with Crippen molar-refractivity contribution < 1.29 is 4.74 Å². The van der Waals surface area contributed by atoms with E-state index < -0.39 is 0 Å². The zero-order valence-corrected chi connectivity index (χ0v) is 9.49. The summed E-state index contributed by atoms with van der Waals surface area (Å²) in [7, 11) is 1.70. The molecule has 0 aromatic heterocycles. The SMILES string of the molecule is COc1ccc(N[C@@H]2CCC[C@@H]2C)cc1. The number of benzene rings is 1. The van der Waals surface area contributed by atoms with Gasteiger partial charge in [-0.2, -0.15) is 0 Å². The number of nitrogens with one attached hydrogen (secondary N) is 1. The van der Waals surface area contributed by atoms with Crippen molar-refractivity contribution in [1.29, 1.82) is 0 Å². The lowest BCUT2D eigenvalue weighted by Crippen LogP contribution is -2.21. The van der Waals surface area contributed by atoms with Crippen molar-refractivity contribution >= 4 is 5.69 Å².